The zero-order valence-electron chi connectivity index (χ0n) is 8.70. The molecule has 0 spiro atoms. The average molecular weight is 205 g/mol. The molecule has 0 saturated carbocycles. The van der Waals surface area contributed by atoms with Gasteiger partial charge in [0, 0.05) is 11.9 Å². The summed E-state index contributed by atoms with van der Waals surface area (Å²) in [4.78, 5) is 0. The molecule has 0 bridgehead atoms. The Hall–Kier alpha value is -1.77. The van der Waals surface area contributed by atoms with Crippen molar-refractivity contribution in [3.05, 3.63) is 48.0 Å². The van der Waals surface area contributed by atoms with Gasteiger partial charge >= 0.3 is 0 Å². The first-order chi connectivity index (χ1) is 7.20. The second-order valence-corrected chi connectivity index (χ2v) is 3.39. The van der Waals surface area contributed by atoms with Crippen LogP contribution >= 0.6 is 0 Å². The van der Waals surface area contributed by atoms with Gasteiger partial charge in [0.25, 0.3) is 0 Å². The van der Waals surface area contributed by atoms with E-state index in [4.69, 9.17) is 4.74 Å². The summed E-state index contributed by atoms with van der Waals surface area (Å²) < 4.78 is 19.9. The summed E-state index contributed by atoms with van der Waals surface area (Å²) in [5.41, 5.74) is 1.85. The first-order valence-electron chi connectivity index (χ1n) is 4.69. The standard InChI is InChI=1S/C12H12FNO/c1-9-7-10(13)3-4-12(9)14-6-5-11(8-14)15-2/h3-8H,1-2H3. The minimum atomic E-state index is -0.213. The van der Waals surface area contributed by atoms with Crippen molar-refractivity contribution in [1.29, 1.82) is 0 Å². The van der Waals surface area contributed by atoms with E-state index in [0.29, 0.717) is 0 Å². The van der Waals surface area contributed by atoms with Crippen LogP contribution in [0.3, 0.4) is 0 Å². The van der Waals surface area contributed by atoms with E-state index in [1.807, 2.05) is 30.0 Å². The van der Waals surface area contributed by atoms with Gasteiger partial charge in [0.1, 0.15) is 11.6 Å². The Kier molecular flexibility index (Phi) is 2.46. The summed E-state index contributed by atoms with van der Waals surface area (Å²) in [7, 11) is 1.62. The van der Waals surface area contributed by atoms with Crippen LogP contribution in [0.15, 0.2) is 36.7 Å². The van der Waals surface area contributed by atoms with E-state index in [9.17, 15) is 4.39 Å². The zero-order chi connectivity index (χ0) is 10.8. The van der Waals surface area contributed by atoms with Gasteiger partial charge < -0.3 is 9.30 Å². The molecule has 0 radical (unpaired) electrons. The van der Waals surface area contributed by atoms with Gasteiger partial charge in [-0.1, -0.05) is 0 Å². The van der Waals surface area contributed by atoms with Crippen LogP contribution in [-0.2, 0) is 0 Å². The molecule has 0 aliphatic rings. The third-order valence-corrected chi connectivity index (χ3v) is 2.34. The van der Waals surface area contributed by atoms with Crippen molar-refractivity contribution in [2.45, 2.75) is 6.92 Å². The molecular weight excluding hydrogens is 193 g/mol. The maximum Gasteiger partial charge on any atom is 0.136 e. The van der Waals surface area contributed by atoms with Crippen molar-refractivity contribution in [3.63, 3.8) is 0 Å². The summed E-state index contributed by atoms with van der Waals surface area (Å²) in [6.45, 7) is 1.88. The number of nitrogens with zero attached hydrogens (tertiary/aromatic N) is 1. The highest BCUT2D eigenvalue weighted by molar-refractivity contribution is 5.42. The van der Waals surface area contributed by atoms with Crippen LogP contribution in [-0.4, -0.2) is 11.7 Å². The minimum absolute atomic E-state index is 0.213. The van der Waals surface area contributed by atoms with Gasteiger partial charge in [-0.2, -0.15) is 0 Å². The van der Waals surface area contributed by atoms with Gasteiger partial charge in [-0.05, 0) is 36.8 Å². The van der Waals surface area contributed by atoms with Crippen molar-refractivity contribution in [1.82, 2.24) is 4.57 Å². The van der Waals surface area contributed by atoms with Gasteiger partial charge in [0.15, 0.2) is 0 Å². The Labute approximate surface area is 87.9 Å². The van der Waals surface area contributed by atoms with Gasteiger partial charge in [-0.25, -0.2) is 4.39 Å². The van der Waals surface area contributed by atoms with E-state index in [1.54, 1.807) is 13.2 Å². The van der Waals surface area contributed by atoms with Crippen LogP contribution in [0.5, 0.6) is 5.75 Å². The highest BCUT2D eigenvalue weighted by Crippen LogP contribution is 2.19. The Morgan fingerprint density at radius 2 is 2.07 bits per heavy atom. The molecule has 3 heteroatoms. The van der Waals surface area contributed by atoms with E-state index in [0.717, 1.165) is 17.0 Å². The molecule has 0 saturated heterocycles. The maximum atomic E-state index is 12.9. The number of ether oxygens (including phenoxy) is 1. The van der Waals surface area contributed by atoms with Crippen LogP contribution in [0.2, 0.25) is 0 Å². The molecule has 78 valence electrons. The summed E-state index contributed by atoms with van der Waals surface area (Å²) in [5, 5.41) is 0. The molecule has 0 atom stereocenters. The SMILES string of the molecule is COc1ccn(-c2ccc(F)cc2C)c1. The molecule has 0 N–H and O–H groups in total. The second kappa shape index (κ2) is 3.77. The van der Waals surface area contributed by atoms with Crippen molar-refractivity contribution >= 4 is 0 Å². The second-order valence-electron chi connectivity index (χ2n) is 3.39. The first kappa shape index (κ1) is 9.77. The Morgan fingerprint density at radius 3 is 2.67 bits per heavy atom. The van der Waals surface area contributed by atoms with Gasteiger partial charge in [-0.3, -0.25) is 0 Å². The molecule has 0 unspecified atom stereocenters. The number of hydrogen-bond donors (Lipinski definition) is 0. The lowest BCUT2D eigenvalue weighted by molar-refractivity contribution is 0.415. The Morgan fingerprint density at radius 1 is 1.27 bits per heavy atom. The van der Waals surface area contributed by atoms with Crippen LogP contribution in [0, 0.1) is 12.7 Å². The first-order valence-corrected chi connectivity index (χ1v) is 4.69. The van der Waals surface area contributed by atoms with Crippen LogP contribution in [0.25, 0.3) is 5.69 Å². The highest BCUT2D eigenvalue weighted by Gasteiger charge is 2.03. The van der Waals surface area contributed by atoms with Gasteiger partial charge in [-0.15, -0.1) is 0 Å². The molecule has 1 aromatic heterocycles. The number of hydrogen-bond acceptors (Lipinski definition) is 1. The number of aryl methyl sites for hydroxylation is 1. The fourth-order valence-corrected chi connectivity index (χ4v) is 1.56. The van der Waals surface area contributed by atoms with Gasteiger partial charge in [0.05, 0.1) is 13.3 Å². The fraction of sp³-hybridized carbons (Fsp3) is 0.167. The van der Waals surface area contributed by atoms with E-state index < -0.39 is 0 Å². The molecule has 0 aliphatic carbocycles. The smallest absolute Gasteiger partial charge is 0.136 e. The summed E-state index contributed by atoms with van der Waals surface area (Å²) in [6, 6.07) is 6.59. The lowest BCUT2D eigenvalue weighted by atomic mass is 10.2. The van der Waals surface area contributed by atoms with Crippen LogP contribution in [0.4, 0.5) is 4.39 Å². The summed E-state index contributed by atoms with van der Waals surface area (Å²) in [6.07, 6.45) is 3.75. The summed E-state index contributed by atoms with van der Waals surface area (Å²) in [5.74, 6) is 0.578. The molecular formula is C12H12FNO. The molecule has 2 rings (SSSR count). The van der Waals surface area contributed by atoms with Crippen molar-refractivity contribution in [2.75, 3.05) is 7.11 Å². The molecule has 0 fully saturated rings. The Bertz CT molecular complexity index is 476. The van der Waals surface area contributed by atoms with E-state index >= 15 is 0 Å². The monoisotopic (exact) mass is 205 g/mol. The molecule has 1 aromatic carbocycles. The van der Waals surface area contributed by atoms with Crippen LogP contribution in [0.1, 0.15) is 5.56 Å². The average Bonchev–Trinajstić information content (AvgIpc) is 2.66. The molecule has 1 heterocycles. The molecule has 0 amide bonds. The van der Waals surface area contributed by atoms with Gasteiger partial charge in [0.2, 0.25) is 0 Å². The zero-order valence-corrected chi connectivity index (χ0v) is 8.70. The van der Waals surface area contributed by atoms with E-state index in [1.165, 1.54) is 12.1 Å². The highest BCUT2D eigenvalue weighted by atomic mass is 19.1. The van der Waals surface area contributed by atoms with Crippen LogP contribution < -0.4 is 4.74 Å². The quantitative estimate of drug-likeness (QED) is 0.735. The molecule has 0 aliphatic heterocycles. The molecule has 2 nitrogen and oxygen atoms in total. The maximum absolute atomic E-state index is 12.9. The van der Waals surface area contributed by atoms with Crippen molar-refractivity contribution < 1.29 is 9.13 Å². The summed E-state index contributed by atoms with van der Waals surface area (Å²) >= 11 is 0. The fourth-order valence-electron chi connectivity index (χ4n) is 1.56. The molecule has 15 heavy (non-hydrogen) atoms. The number of methoxy groups -OCH3 is 1. The number of halogens is 1. The molecule has 2 aromatic rings. The lowest BCUT2D eigenvalue weighted by Gasteiger charge is -2.06. The lowest BCUT2D eigenvalue weighted by Crippen LogP contribution is -1.94. The minimum Gasteiger partial charge on any atom is -0.495 e. The third-order valence-electron chi connectivity index (χ3n) is 2.34. The normalized spacial score (nSPS) is 10.3. The third kappa shape index (κ3) is 1.86. The number of aromatic nitrogens is 1. The number of benzene rings is 1. The Balaban J connectivity index is 2.44. The topological polar surface area (TPSA) is 14.2 Å². The largest absolute Gasteiger partial charge is 0.495 e. The predicted octanol–water partition coefficient (Wildman–Crippen LogP) is 2.93. The van der Waals surface area contributed by atoms with Crippen molar-refractivity contribution in [2.24, 2.45) is 0 Å². The van der Waals surface area contributed by atoms with Crippen molar-refractivity contribution in [3.8, 4) is 11.4 Å². The van der Waals surface area contributed by atoms with E-state index in [-0.39, 0.29) is 5.82 Å². The van der Waals surface area contributed by atoms with E-state index in [2.05, 4.69) is 0 Å². The number of rotatable bonds is 2. The predicted molar refractivity (Wildman–Crippen MR) is 57.0 cm³/mol.